The lowest BCUT2D eigenvalue weighted by Crippen LogP contribution is -2.34. The standard InChI is InChI=1S/C10H14BrN3O/c1-13-5-4-12-9(13)7-14(8-2-3-8)10(15)6-11/h4-5,8H,2-3,6-7H2,1H3. The van der Waals surface area contributed by atoms with Gasteiger partial charge in [-0.15, -0.1) is 0 Å². The molecule has 5 heteroatoms. The molecule has 0 spiro atoms. The van der Waals surface area contributed by atoms with Crippen molar-refractivity contribution in [3.05, 3.63) is 18.2 Å². The van der Waals surface area contributed by atoms with E-state index in [1.807, 2.05) is 22.7 Å². The maximum atomic E-state index is 11.7. The molecule has 0 radical (unpaired) electrons. The van der Waals surface area contributed by atoms with E-state index >= 15 is 0 Å². The van der Waals surface area contributed by atoms with Gasteiger partial charge in [-0.2, -0.15) is 0 Å². The number of aryl methyl sites for hydroxylation is 1. The number of imidazole rings is 1. The van der Waals surface area contributed by atoms with Crippen LogP contribution in [0.2, 0.25) is 0 Å². The zero-order chi connectivity index (χ0) is 10.8. The first-order chi connectivity index (χ1) is 7.22. The monoisotopic (exact) mass is 271 g/mol. The normalized spacial score (nSPS) is 15.3. The van der Waals surface area contributed by atoms with Gasteiger partial charge in [-0.05, 0) is 12.8 Å². The van der Waals surface area contributed by atoms with Gasteiger partial charge in [-0.1, -0.05) is 15.9 Å². The predicted octanol–water partition coefficient (Wildman–Crippen LogP) is 1.31. The van der Waals surface area contributed by atoms with Crippen molar-refractivity contribution in [3.8, 4) is 0 Å². The SMILES string of the molecule is Cn1ccnc1CN(C(=O)CBr)C1CC1. The minimum absolute atomic E-state index is 0.153. The summed E-state index contributed by atoms with van der Waals surface area (Å²) in [4.78, 5) is 17.8. The Balaban J connectivity index is 2.06. The van der Waals surface area contributed by atoms with Crippen molar-refractivity contribution >= 4 is 21.8 Å². The van der Waals surface area contributed by atoms with Gasteiger partial charge in [0.2, 0.25) is 5.91 Å². The lowest BCUT2D eigenvalue weighted by atomic mass is 10.4. The van der Waals surface area contributed by atoms with Crippen molar-refractivity contribution in [1.82, 2.24) is 14.5 Å². The van der Waals surface area contributed by atoms with Crippen LogP contribution in [0.5, 0.6) is 0 Å². The van der Waals surface area contributed by atoms with Crippen molar-refractivity contribution in [2.45, 2.75) is 25.4 Å². The fraction of sp³-hybridized carbons (Fsp3) is 0.600. The topological polar surface area (TPSA) is 38.1 Å². The molecule has 82 valence electrons. The summed E-state index contributed by atoms with van der Waals surface area (Å²) in [5.41, 5.74) is 0. The van der Waals surface area contributed by atoms with Crippen LogP contribution in [-0.4, -0.2) is 31.7 Å². The van der Waals surface area contributed by atoms with Crippen molar-refractivity contribution in [2.24, 2.45) is 7.05 Å². The summed E-state index contributed by atoms with van der Waals surface area (Å²) in [6.07, 6.45) is 5.92. The Bertz CT molecular complexity index is 359. The Morgan fingerprint density at radius 1 is 1.73 bits per heavy atom. The molecule has 0 bridgehead atoms. The molecular weight excluding hydrogens is 258 g/mol. The van der Waals surface area contributed by atoms with Crippen LogP contribution >= 0.6 is 15.9 Å². The summed E-state index contributed by atoms with van der Waals surface area (Å²) < 4.78 is 1.96. The highest BCUT2D eigenvalue weighted by Gasteiger charge is 2.32. The quantitative estimate of drug-likeness (QED) is 0.775. The van der Waals surface area contributed by atoms with Crippen LogP contribution < -0.4 is 0 Å². The number of hydrogen-bond acceptors (Lipinski definition) is 2. The highest BCUT2D eigenvalue weighted by Crippen LogP contribution is 2.28. The molecule has 0 unspecified atom stereocenters. The number of rotatable bonds is 4. The molecular formula is C10H14BrN3O. The van der Waals surface area contributed by atoms with E-state index in [4.69, 9.17) is 0 Å². The number of alkyl halides is 1. The third-order valence-electron chi connectivity index (χ3n) is 2.66. The molecule has 0 aliphatic heterocycles. The first-order valence-corrected chi connectivity index (χ1v) is 6.16. The number of aromatic nitrogens is 2. The minimum Gasteiger partial charge on any atom is -0.337 e. The van der Waals surface area contributed by atoms with Crippen LogP contribution in [0.25, 0.3) is 0 Å². The Morgan fingerprint density at radius 3 is 2.93 bits per heavy atom. The first kappa shape index (κ1) is 10.7. The minimum atomic E-state index is 0.153. The van der Waals surface area contributed by atoms with Crippen LogP contribution in [-0.2, 0) is 18.4 Å². The molecule has 1 saturated carbocycles. The molecule has 4 nitrogen and oxygen atoms in total. The van der Waals surface area contributed by atoms with Gasteiger partial charge in [0.05, 0.1) is 11.9 Å². The van der Waals surface area contributed by atoms with E-state index in [1.54, 1.807) is 6.20 Å². The predicted molar refractivity (Wildman–Crippen MR) is 60.6 cm³/mol. The third-order valence-corrected chi connectivity index (χ3v) is 3.13. The smallest absolute Gasteiger partial charge is 0.233 e. The zero-order valence-corrected chi connectivity index (χ0v) is 10.3. The molecule has 1 aromatic rings. The zero-order valence-electron chi connectivity index (χ0n) is 8.69. The van der Waals surface area contributed by atoms with Gasteiger partial charge in [0.15, 0.2) is 0 Å². The number of carbonyl (C=O) groups excluding carboxylic acids is 1. The molecule has 2 rings (SSSR count). The van der Waals surface area contributed by atoms with E-state index in [-0.39, 0.29) is 5.91 Å². The Hall–Kier alpha value is -0.840. The summed E-state index contributed by atoms with van der Waals surface area (Å²) in [7, 11) is 1.95. The fourth-order valence-electron chi connectivity index (χ4n) is 1.59. The molecule has 1 aromatic heterocycles. The van der Waals surface area contributed by atoms with E-state index in [0.29, 0.717) is 17.9 Å². The van der Waals surface area contributed by atoms with Gasteiger partial charge in [0.1, 0.15) is 5.82 Å². The molecule has 1 aliphatic rings. The summed E-state index contributed by atoms with van der Waals surface area (Å²) in [6, 6.07) is 0.437. The second-order valence-corrected chi connectivity index (χ2v) is 4.40. The molecule has 1 amide bonds. The van der Waals surface area contributed by atoms with Gasteiger partial charge >= 0.3 is 0 Å². The van der Waals surface area contributed by atoms with Crippen LogP contribution in [0.4, 0.5) is 0 Å². The van der Waals surface area contributed by atoms with E-state index in [0.717, 1.165) is 18.7 Å². The lowest BCUT2D eigenvalue weighted by Gasteiger charge is -2.20. The third kappa shape index (κ3) is 2.40. The summed E-state index contributed by atoms with van der Waals surface area (Å²) in [5, 5.41) is 0.397. The van der Waals surface area contributed by atoms with Crippen LogP contribution in [0, 0.1) is 0 Å². The Labute approximate surface area is 97.4 Å². The van der Waals surface area contributed by atoms with Gasteiger partial charge in [-0.3, -0.25) is 4.79 Å². The number of hydrogen-bond donors (Lipinski definition) is 0. The molecule has 0 saturated heterocycles. The Morgan fingerprint density at radius 2 is 2.47 bits per heavy atom. The summed E-state index contributed by atoms with van der Waals surface area (Å²) in [6.45, 7) is 0.624. The van der Waals surface area contributed by atoms with E-state index in [2.05, 4.69) is 20.9 Å². The number of halogens is 1. The van der Waals surface area contributed by atoms with Gasteiger partial charge < -0.3 is 9.47 Å². The maximum absolute atomic E-state index is 11.7. The summed E-state index contributed by atoms with van der Waals surface area (Å²) >= 11 is 3.22. The first-order valence-electron chi connectivity index (χ1n) is 5.04. The van der Waals surface area contributed by atoms with Gasteiger partial charge in [0.25, 0.3) is 0 Å². The number of amides is 1. The van der Waals surface area contributed by atoms with Crippen molar-refractivity contribution < 1.29 is 4.79 Å². The van der Waals surface area contributed by atoms with Crippen molar-refractivity contribution in [1.29, 1.82) is 0 Å². The average molecular weight is 272 g/mol. The largest absolute Gasteiger partial charge is 0.337 e. The second-order valence-electron chi connectivity index (χ2n) is 3.84. The second kappa shape index (κ2) is 4.35. The summed E-state index contributed by atoms with van der Waals surface area (Å²) in [5.74, 6) is 1.09. The molecule has 0 atom stereocenters. The van der Waals surface area contributed by atoms with E-state index in [1.165, 1.54) is 0 Å². The molecule has 0 N–H and O–H groups in total. The molecule has 1 fully saturated rings. The molecule has 15 heavy (non-hydrogen) atoms. The van der Waals surface area contributed by atoms with Crippen LogP contribution in [0.3, 0.4) is 0 Å². The molecule has 1 aliphatic carbocycles. The maximum Gasteiger partial charge on any atom is 0.233 e. The van der Waals surface area contributed by atoms with E-state index in [9.17, 15) is 4.79 Å². The van der Waals surface area contributed by atoms with Crippen molar-refractivity contribution in [3.63, 3.8) is 0 Å². The van der Waals surface area contributed by atoms with Crippen LogP contribution in [0.15, 0.2) is 12.4 Å². The molecule has 0 aromatic carbocycles. The Kier molecular flexibility index (Phi) is 3.09. The average Bonchev–Trinajstić information content (AvgIpc) is 2.99. The lowest BCUT2D eigenvalue weighted by molar-refractivity contribution is -0.129. The molecule has 1 heterocycles. The van der Waals surface area contributed by atoms with Crippen molar-refractivity contribution in [2.75, 3.05) is 5.33 Å². The van der Waals surface area contributed by atoms with Crippen LogP contribution in [0.1, 0.15) is 18.7 Å². The van der Waals surface area contributed by atoms with Gasteiger partial charge in [-0.25, -0.2) is 4.98 Å². The van der Waals surface area contributed by atoms with E-state index < -0.39 is 0 Å². The number of nitrogens with zero attached hydrogens (tertiary/aromatic N) is 3. The highest BCUT2D eigenvalue weighted by molar-refractivity contribution is 9.09. The highest BCUT2D eigenvalue weighted by atomic mass is 79.9. The fourth-order valence-corrected chi connectivity index (χ4v) is 1.91. The van der Waals surface area contributed by atoms with Gasteiger partial charge in [0, 0.05) is 25.5 Å². The number of carbonyl (C=O) groups is 1.